The number of hydrogen-bond donors (Lipinski definition) is 1. The number of thioether (sulfide) groups is 1. The zero-order valence-electron chi connectivity index (χ0n) is 14.9. The predicted octanol–water partition coefficient (Wildman–Crippen LogP) is 5.30. The van der Waals surface area contributed by atoms with Gasteiger partial charge in [-0.15, -0.1) is 0 Å². The Kier molecular flexibility index (Phi) is 5.19. The van der Waals surface area contributed by atoms with Gasteiger partial charge in [-0.05, 0) is 49.9 Å². The van der Waals surface area contributed by atoms with Crippen molar-refractivity contribution in [1.29, 1.82) is 0 Å². The van der Waals surface area contributed by atoms with E-state index in [0.717, 1.165) is 36.9 Å². The third-order valence-corrected chi connectivity index (χ3v) is 5.97. The fraction of sp³-hybridized carbons (Fsp3) is 0.190. The maximum Gasteiger partial charge on any atom is 0.335 e. The highest BCUT2D eigenvalue weighted by Crippen LogP contribution is 2.37. The lowest BCUT2D eigenvalue weighted by atomic mass is 10.0. The van der Waals surface area contributed by atoms with Crippen LogP contribution in [0.4, 0.5) is 0 Å². The molecule has 1 aromatic carbocycles. The van der Waals surface area contributed by atoms with Crippen molar-refractivity contribution in [2.45, 2.75) is 25.7 Å². The number of carboxylic acid groups (broad SMARTS) is 1. The van der Waals surface area contributed by atoms with E-state index in [0.29, 0.717) is 20.7 Å². The molecule has 1 aliphatic heterocycles. The number of aromatic carboxylic acids is 1. The van der Waals surface area contributed by atoms with E-state index in [-0.39, 0.29) is 11.5 Å². The first-order chi connectivity index (χ1) is 13.5. The molecule has 1 aromatic heterocycles. The molecule has 2 heterocycles. The Hall–Kier alpha value is -2.64. The molecule has 0 radical (unpaired) electrons. The standard InChI is InChI=1S/C21H17NO4S2/c23-19-18(28-21(27)22(19)15-4-2-1-3-5-15)12-16-10-11-17(26-16)13-6-8-14(9-7-13)20(24)25/h4,6-12H,1-3,5H2,(H,24,25). The van der Waals surface area contributed by atoms with Gasteiger partial charge in [-0.2, -0.15) is 0 Å². The number of carbonyl (C=O) groups is 2. The third kappa shape index (κ3) is 3.68. The molecule has 1 fully saturated rings. The lowest BCUT2D eigenvalue weighted by Crippen LogP contribution is -2.28. The molecular formula is C21H17NO4S2. The van der Waals surface area contributed by atoms with E-state index >= 15 is 0 Å². The molecule has 1 amide bonds. The number of nitrogens with zero attached hydrogens (tertiary/aromatic N) is 1. The zero-order chi connectivity index (χ0) is 19.7. The molecule has 2 aromatic rings. The van der Waals surface area contributed by atoms with Crippen LogP contribution in [0, 0.1) is 0 Å². The van der Waals surface area contributed by atoms with Gasteiger partial charge in [0, 0.05) is 17.3 Å². The predicted molar refractivity (Wildman–Crippen MR) is 113 cm³/mol. The fourth-order valence-corrected chi connectivity index (χ4v) is 4.53. The molecule has 28 heavy (non-hydrogen) atoms. The Bertz CT molecular complexity index is 1020. The van der Waals surface area contributed by atoms with Gasteiger partial charge in [0.2, 0.25) is 0 Å². The second-order valence-corrected chi connectivity index (χ2v) is 8.22. The second-order valence-electron chi connectivity index (χ2n) is 6.54. The Balaban J connectivity index is 1.55. The van der Waals surface area contributed by atoms with E-state index in [9.17, 15) is 9.59 Å². The Labute approximate surface area is 171 Å². The van der Waals surface area contributed by atoms with Crippen LogP contribution in [0.5, 0.6) is 0 Å². The van der Waals surface area contributed by atoms with Crippen molar-refractivity contribution < 1.29 is 19.1 Å². The molecule has 1 aliphatic carbocycles. The maximum absolute atomic E-state index is 12.8. The molecular weight excluding hydrogens is 394 g/mol. The van der Waals surface area contributed by atoms with Crippen molar-refractivity contribution in [3.05, 3.63) is 64.4 Å². The minimum Gasteiger partial charge on any atom is -0.478 e. The van der Waals surface area contributed by atoms with Crippen LogP contribution in [-0.4, -0.2) is 26.2 Å². The van der Waals surface area contributed by atoms with Crippen LogP contribution < -0.4 is 0 Å². The minimum absolute atomic E-state index is 0.105. The summed E-state index contributed by atoms with van der Waals surface area (Å²) in [5, 5.41) is 8.99. The van der Waals surface area contributed by atoms with Crippen LogP contribution in [0.1, 0.15) is 41.8 Å². The van der Waals surface area contributed by atoms with Crippen LogP contribution in [0.3, 0.4) is 0 Å². The number of carbonyl (C=O) groups excluding carboxylic acids is 1. The number of thiocarbonyl (C=S) groups is 1. The highest BCUT2D eigenvalue weighted by molar-refractivity contribution is 8.26. The van der Waals surface area contributed by atoms with Crippen molar-refractivity contribution in [2.24, 2.45) is 0 Å². The summed E-state index contributed by atoms with van der Waals surface area (Å²) in [4.78, 5) is 25.9. The molecule has 0 spiro atoms. The van der Waals surface area contributed by atoms with E-state index in [4.69, 9.17) is 21.7 Å². The van der Waals surface area contributed by atoms with Gasteiger partial charge in [-0.3, -0.25) is 9.69 Å². The molecule has 1 saturated heterocycles. The topological polar surface area (TPSA) is 70.8 Å². The van der Waals surface area contributed by atoms with Crippen LogP contribution >= 0.6 is 24.0 Å². The van der Waals surface area contributed by atoms with E-state index in [2.05, 4.69) is 6.08 Å². The molecule has 4 rings (SSSR count). The normalized spacial score (nSPS) is 18.6. The van der Waals surface area contributed by atoms with Gasteiger partial charge < -0.3 is 9.52 Å². The molecule has 0 atom stereocenters. The van der Waals surface area contributed by atoms with Gasteiger partial charge in [-0.25, -0.2) is 4.79 Å². The number of rotatable bonds is 4. The maximum atomic E-state index is 12.8. The highest BCUT2D eigenvalue weighted by atomic mass is 32.2. The van der Waals surface area contributed by atoms with Crippen LogP contribution in [0.15, 0.2) is 57.5 Å². The molecule has 2 aliphatic rings. The second kappa shape index (κ2) is 7.77. The molecule has 7 heteroatoms. The van der Waals surface area contributed by atoms with Crippen molar-refractivity contribution in [2.75, 3.05) is 0 Å². The first-order valence-corrected chi connectivity index (χ1v) is 10.2. The van der Waals surface area contributed by atoms with Gasteiger partial charge in [-0.1, -0.05) is 42.2 Å². The van der Waals surface area contributed by atoms with E-state index in [1.54, 1.807) is 35.2 Å². The molecule has 0 unspecified atom stereocenters. The van der Waals surface area contributed by atoms with Gasteiger partial charge >= 0.3 is 5.97 Å². The largest absolute Gasteiger partial charge is 0.478 e. The van der Waals surface area contributed by atoms with E-state index in [1.807, 2.05) is 0 Å². The number of carboxylic acids is 1. The molecule has 5 nitrogen and oxygen atoms in total. The summed E-state index contributed by atoms with van der Waals surface area (Å²) in [6.45, 7) is 0. The van der Waals surface area contributed by atoms with Crippen molar-refractivity contribution in [1.82, 2.24) is 4.90 Å². The average Bonchev–Trinajstić information content (AvgIpc) is 3.27. The molecule has 0 saturated carbocycles. The van der Waals surface area contributed by atoms with Gasteiger partial charge in [0.15, 0.2) is 4.32 Å². The zero-order valence-corrected chi connectivity index (χ0v) is 16.5. The molecule has 1 N–H and O–H groups in total. The van der Waals surface area contributed by atoms with E-state index in [1.165, 1.54) is 23.9 Å². The Morgan fingerprint density at radius 1 is 1.18 bits per heavy atom. The summed E-state index contributed by atoms with van der Waals surface area (Å²) in [6.07, 6.45) is 7.88. The summed E-state index contributed by atoms with van der Waals surface area (Å²) in [7, 11) is 0. The van der Waals surface area contributed by atoms with Crippen LogP contribution in [0.2, 0.25) is 0 Å². The SMILES string of the molecule is O=C(O)c1ccc(-c2ccc(C=C3SC(=S)N(C4=CCCCC4)C3=O)o2)cc1. The first-order valence-electron chi connectivity index (χ1n) is 8.93. The number of amides is 1. The number of allylic oxidation sites excluding steroid dienone is 2. The summed E-state index contributed by atoms with van der Waals surface area (Å²) < 4.78 is 6.39. The Morgan fingerprint density at radius 2 is 1.96 bits per heavy atom. The van der Waals surface area contributed by atoms with Gasteiger partial charge in [0.05, 0.1) is 10.5 Å². The van der Waals surface area contributed by atoms with Crippen LogP contribution in [0.25, 0.3) is 17.4 Å². The average molecular weight is 412 g/mol. The first kappa shape index (κ1) is 18.7. The lowest BCUT2D eigenvalue weighted by Gasteiger charge is -2.21. The lowest BCUT2D eigenvalue weighted by molar-refractivity contribution is -0.121. The smallest absolute Gasteiger partial charge is 0.335 e. The summed E-state index contributed by atoms with van der Waals surface area (Å²) in [5.74, 6) is 0.0813. The number of furan rings is 1. The summed E-state index contributed by atoms with van der Waals surface area (Å²) in [6, 6.07) is 10.0. The van der Waals surface area contributed by atoms with Gasteiger partial charge in [0.1, 0.15) is 11.5 Å². The van der Waals surface area contributed by atoms with Crippen molar-refractivity contribution >= 4 is 46.3 Å². The Morgan fingerprint density at radius 3 is 2.64 bits per heavy atom. The third-order valence-electron chi connectivity index (χ3n) is 4.66. The monoisotopic (exact) mass is 411 g/mol. The number of hydrogen-bond acceptors (Lipinski definition) is 5. The summed E-state index contributed by atoms with van der Waals surface area (Å²) in [5.41, 5.74) is 1.98. The summed E-state index contributed by atoms with van der Waals surface area (Å²) >= 11 is 6.70. The quantitative estimate of drug-likeness (QED) is 0.543. The minimum atomic E-state index is -0.971. The van der Waals surface area contributed by atoms with E-state index < -0.39 is 5.97 Å². The fourth-order valence-electron chi connectivity index (χ4n) is 3.23. The highest BCUT2D eigenvalue weighted by Gasteiger charge is 2.34. The number of benzene rings is 1. The van der Waals surface area contributed by atoms with Gasteiger partial charge in [0.25, 0.3) is 5.91 Å². The molecule has 142 valence electrons. The van der Waals surface area contributed by atoms with Crippen molar-refractivity contribution in [3.63, 3.8) is 0 Å². The van der Waals surface area contributed by atoms with Crippen LogP contribution in [-0.2, 0) is 4.79 Å². The van der Waals surface area contributed by atoms with Crippen molar-refractivity contribution in [3.8, 4) is 11.3 Å². The molecule has 0 bridgehead atoms.